The topological polar surface area (TPSA) is 61.7 Å². The summed E-state index contributed by atoms with van der Waals surface area (Å²) in [6.45, 7) is 2.92. The van der Waals surface area contributed by atoms with E-state index in [1.165, 1.54) is 0 Å². The Hall–Kier alpha value is -2.05. The van der Waals surface area contributed by atoms with Crippen LogP contribution in [0.5, 0.6) is 5.75 Å². The lowest BCUT2D eigenvalue weighted by Gasteiger charge is -2.17. The van der Waals surface area contributed by atoms with Crippen molar-refractivity contribution in [3.8, 4) is 5.75 Å². The van der Waals surface area contributed by atoms with Crippen molar-refractivity contribution >= 4 is 16.8 Å². The zero-order valence-electron chi connectivity index (χ0n) is 13.9. The maximum absolute atomic E-state index is 12.8. The van der Waals surface area contributed by atoms with Gasteiger partial charge in [0.05, 0.1) is 31.9 Å². The largest absolute Gasteiger partial charge is 0.497 e. The molecule has 23 heavy (non-hydrogen) atoms. The number of hydrogen-bond donors (Lipinski definition) is 1. The van der Waals surface area contributed by atoms with Crippen LogP contribution in [0.1, 0.15) is 16.1 Å². The predicted molar refractivity (Wildman–Crippen MR) is 87.1 cm³/mol. The molecule has 0 radical (unpaired) electrons. The van der Waals surface area contributed by atoms with E-state index in [-0.39, 0.29) is 18.1 Å². The van der Waals surface area contributed by atoms with Gasteiger partial charge in [-0.3, -0.25) is 4.79 Å². The maximum atomic E-state index is 12.8. The Kier molecular flexibility index (Phi) is 4.28. The molecule has 1 aliphatic heterocycles. The van der Waals surface area contributed by atoms with Gasteiger partial charge in [0.1, 0.15) is 11.9 Å². The molecule has 3 rings (SSSR count). The molecule has 1 fully saturated rings. The molecule has 2 atom stereocenters. The Morgan fingerprint density at radius 2 is 2.13 bits per heavy atom. The summed E-state index contributed by atoms with van der Waals surface area (Å²) in [7, 11) is 5.21. The van der Waals surface area contributed by atoms with Crippen LogP contribution in [0.4, 0.5) is 0 Å². The second kappa shape index (κ2) is 6.22. The highest BCUT2D eigenvalue weighted by molar-refractivity contribution is 6.08. The number of benzene rings is 1. The van der Waals surface area contributed by atoms with Crippen molar-refractivity contribution in [2.24, 2.45) is 7.05 Å². The lowest BCUT2D eigenvalue weighted by atomic mass is 10.1. The van der Waals surface area contributed by atoms with E-state index in [9.17, 15) is 4.79 Å². The number of hydrogen-bond acceptors (Lipinski definition) is 4. The summed E-state index contributed by atoms with van der Waals surface area (Å²) in [5, 5.41) is 3.92. The van der Waals surface area contributed by atoms with Gasteiger partial charge in [0.25, 0.3) is 5.91 Å². The number of nitrogens with one attached hydrogen (secondary N) is 1. The van der Waals surface area contributed by atoms with Crippen molar-refractivity contribution in [3.05, 3.63) is 29.5 Å². The second-order valence-electron chi connectivity index (χ2n) is 5.79. The number of nitrogens with zero attached hydrogens (tertiary/aromatic N) is 1. The molecule has 6 nitrogen and oxygen atoms in total. The molecule has 1 aliphatic rings. The Balaban J connectivity index is 1.98. The molecule has 1 amide bonds. The lowest BCUT2D eigenvalue weighted by Crippen LogP contribution is -2.43. The molecule has 124 valence electrons. The summed E-state index contributed by atoms with van der Waals surface area (Å²) >= 11 is 0. The summed E-state index contributed by atoms with van der Waals surface area (Å²) in [6.07, 6.45) is -0.108. The minimum Gasteiger partial charge on any atom is -0.497 e. The van der Waals surface area contributed by atoms with E-state index >= 15 is 0 Å². The fourth-order valence-electron chi connectivity index (χ4n) is 3.11. The number of carbonyl (C=O) groups excluding carboxylic acids is 1. The highest BCUT2D eigenvalue weighted by atomic mass is 16.5. The molecule has 0 spiro atoms. The van der Waals surface area contributed by atoms with Gasteiger partial charge in [-0.2, -0.15) is 0 Å². The molecule has 1 N–H and O–H groups in total. The average Bonchev–Trinajstić information content (AvgIpc) is 3.10. The Labute approximate surface area is 135 Å². The first-order chi connectivity index (χ1) is 11.1. The average molecular weight is 318 g/mol. The van der Waals surface area contributed by atoms with Crippen LogP contribution in [0, 0.1) is 6.92 Å². The van der Waals surface area contributed by atoms with Crippen molar-refractivity contribution in [1.82, 2.24) is 9.88 Å². The van der Waals surface area contributed by atoms with Crippen LogP contribution in [0.15, 0.2) is 18.2 Å². The normalized spacial score (nSPS) is 20.9. The van der Waals surface area contributed by atoms with Crippen LogP contribution < -0.4 is 10.1 Å². The third-order valence-electron chi connectivity index (χ3n) is 4.57. The minimum atomic E-state index is -0.132. The van der Waals surface area contributed by atoms with Crippen molar-refractivity contribution in [1.29, 1.82) is 0 Å². The number of carbonyl (C=O) groups is 1. The molecule has 0 saturated carbocycles. The molecule has 0 aliphatic carbocycles. The molecule has 1 saturated heterocycles. The van der Waals surface area contributed by atoms with Gasteiger partial charge in [-0.1, -0.05) is 0 Å². The number of ether oxygens (including phenoxy) is 3. The van der Waals surface area contributed by atoms with E-state index in [1.807, 2.05) is 36.7 Å². The minimum absolute atomic E-state index is 0.108. The molecule has 6 heteroatoms. The zero-order valence-corrected chi connectivity index (χ0v) is 13.9. The third kappa shape index (κ3) is 2.68. The number of amides is 1. The van der Waals surface area contributed by atoms with Gasteiger partial charge in [0.2, 0.25) is 0 Å². The van der Waals surface area contributed by atoms with Crippen molar-refractivity contribution in [3.63, 3.8) is 0 Å². The molecule has 2 heterocycles. The van der Waals surface area contributed by atoms with E-state index in [2.05, 4.69) is 5.32 Å². The fraction of sp³-hybridized carbons (Fsp3) is 0.471. The summed E-state index contributed by atoms with van der Waals surface area (Å²) in [5.41, 5.74) is 2.58. The smallest absolute Gasteiger partial charge is 0.254 e. The monoisotopic (exact) mass is 318 g/mol. The summed E-state index contributed by atoms with van der Waals surface area (Å²) in [5.74, 6) is 0.620. The summed E-state index contributed by atoms with van der Waals surface area (Å²) < 4.78 is 18.1. The molecule has 2 unspecified atom stereocenters. The van der Waals surface area contributed by atoms with Gasteiger partial charge in [-0.25, -0.2) is 0 Å². The van der Waals surface area contributed by atoms with Crippen LogP contribution in [0.2, 0.25) is 0 Å². The second-order valence-corrected chi connectivity index (χ2v) is 5.79. The first kappa shape index (κ1) is 15.8. The van der Waals surface area contributed by atoms with Crippen LogP contribution in [0.25, 0.3) is 10.9 Å². The lowest BCUT2D eigenvalue weighted by molar-refractivity contribution is 0.0686. The molecule has 1 aromatic heterocycles. The van der Waals surface area contributed by atoms with Crippen LogP contribution >= 0.6 is 0 Å². The summed E-state index contributed by atoms with van der Waals surface area (Å²) in [4.78, 5) is 12.8. The number of aryl methyl sites for hydroxylation is 1. The fourth-order valence-corrected chi connectivity index (χ4v) is 3.11. The van der Waals surface area contributed by atoms with Gasteiger partial charge in [-0.15, -0.1) is 0 Å². The maximum Gasteiger partial charge on any atom is 0.254 e. The molecule has 0 bridgehead atoms. The zero-order chi connectivity index (χ0) is 16.6. The Morgan fingerprint density at radius 1 is 1.35 bits per heavy atom. The quantitative estimate of drug-likeness (QED) is 0.931. The summed E-state index contributed by atoms with van der Waals surface area (Å²) in [6, 6.07) is 5.63. The number of aromatic nitrogens is 1. The number of rotatable bonds is 4. The molecule has 2 aromatic rings. The van der Waals surface area contributed by atoms with Crippen molar-refractivity contribution in [2.75, 3.05) is 27.4 Å². The SMILES string of the molecule is COc1ccc2c(c1)c(C(=O)NC1COCC1OC)c(C)n2C. The van der Waals surface area contributed by atoms with Gasteiger partial charge in [-0.05, 0) is 25.1 Å². The first-order valence-corrected chi connectivity index (χ1v) is 7.61. The van der Waals surface area contributed by atoms with Crippen molar-refractivity contribution in [2.45, 2.75) is 19.1 Å². The third-order valence-corrected chi connectivity index (χ3v) is 4.57. The number of fused-ring (bicyclic) bond motifs is 1. The van der Waals surface area contributed by atoms with E-state index in [0.717, 1.165) is 22.3 Å². The Bertz CT molecular complexity index is 738. The van der Waals surface area contributed by atoms with Crippen molar-refractivity contribution < 1.29 is 19.0 Å². The van der Waals surface area contributed by atoms with E-state index in [0.29, 0.717) is 18.8 Å². The van der Waals surface area contributed by atoms with E-state index in [4.69, 9.17) is 14.2 Å². The van der Waals surface area contributed by atoms with Gasteiger partial charge in [0.15, 0.2) is 0 Å². The van der Waals surface area contributed by atoms with Gasteiger partial charge < -0.3 is 24.1 Å². The predicted octanol–water partition coefficient (Wildman–Crippen LogP) is 1.64. The molecule has 1 aromatic carbocycles. The molecular formula is C17H22N2O4. The van der Waals surface area contributed by atoms with Gasteiger partial charge >= 0.3 is 0 Å². The van der Waals surface area contributed by atoms with E-state index in [1.54, 1.807) is 14.2 Å². The Morgan fingerprint density at radius 3 is 2.83 bits per heavy atom. The standard InChI is InChI=1S/C17H22N2O4/c1-10-16(17(20)18-13-8-23-9-15(13)22-4)12-7-11(21-3)5-6-14(12)19(10)2/h5-7,13,15H,8-9H2,1-4H3,(H,18,20). The highest BCUT2D eigenvalue weighted by Crippen LogP contribution is 2.28. The first-order valence-electron chi connectivity index (χ1n) is 7.61. The molecular weight excluding hydrogens is 296 g/mol. The highest BCUT2D eigenvalue weighted by Gasteiger charge is 2.31. The van der Waals surface area contributed by atoms with Crippen LogP contribution in [-0.2, 0) is 16.5 Å². The van der Waals surface area contributed by atoms with Crippen LogP contribution in [-0.4, -0.2) is 50.1 Å². The van der Waals surface area contributed by atoms with Gasteiger partial charge in [0, 0.05) is 30.8 Å². The van der Waals surface area contributed by atoms with Crippen LogP contribution in [0.3, 0.4) is 0 Å². The number of methoxy groups -OCH3 is 2. The van der Waals surface area contributed by atoms with E-state index < -0.39 is 0 Å².